The fraction of sp³-hybridized carbons (Fsp3) is 0.529. The summed E-state index contributed by atoms with van der Waals surface area (Å²) < 4.78 is 32.8. The molecule has 11 heteroatoms. The molecule has 154 valence electrons. The Morgan fingerprint density at radius 3 is 2.71 bits per heavy atom. The molecule has 0 aromatic carbocycles. The lowest BCUT2D eigenvalue weighted by molar-refractivity contribution is -0.146. The van der Waals surface area contributed by atoms with Crippen LogP contribution in [0.4, 0.5) is 0 Å². The molecular formula is C17H22ClN3O5S2. The van der Waals surface area contributed by atoms with Crippen LogP contribution in [0, 0.1) is 0 Å². The number of amides is 2. The van der Waals surface area contributed by atoms with Gasteiger partial charge in [0.25, 0.3) is 0 Å². The average molecular weight is 448 g/mol. The van der Waals surface area contributed by atoms with E-state index in [1.54, 1.807) is 24.0 Å². The Morgan fingerprint density at radius 1 is 1.36 bits per heavy atom. The van der Waals surface area contributed by atoms with Gasteiger partial charge in [-0.05, 0) is 31.6 Å². The standard InChI is InChI=1S/C17H22ClN3O5S2/c1-12(16(22)20-7-9-26-10-8-20)21-6-4-14(17(21)23)19-28(24,25)11-5-13-2-3-15(18)27-13/h2-3,5,11-12,14,19H,4,6-10H2,1H3. The van der Waals surface area contributed by atoms with Gasteiger partial charge in [-0.3, -0.25) is 9.59 Å². The number of carbonyl (C=O) groups is 2. The summed E-state index contributed by atoms with van der Waals surface area (Å²) in [6.45, 7) is 3.96. The molecule has 28 heavy (non-hydrogen) atoms. The summed E-state index contributed by atoms with van der Waals surface area (Å²) in [5, 5.41) is 1.02. The monoisotopic (exact) mass is 447 g/mol. The second kappa shape index (κ2) is 8.91. The summed E-state index contributed by atoms with van der Waals surface area (Å²) in [6, 6.07) is 1.88. The fourth-order valence-corrected chi connectivity index (χ4v) is 5.26. The van der Waals surface area contributed by atoms with Gasteiger partial charge in [-0.2, -0.15) is 4.72 Å². The van der Waals surface area contributed by atoms with Crippen LogP contribution in [-0.4, -0.2) is 75.0 Å². The lowest BCUT2D eigenvalue weighted by Gasteiger charge is -2.32. The van der Waals surface area contributed by atoms with Crippen molar-refractivity contribution in [3.8, 4) is 0 Å². The molecule has 0 spiro atoms. The Labute approximate surface area is 173 Å². The van der Waals surface area contributed by atoms with Crippen molar-refractivity contribution in [3.05, 3.63) is 26.8 Å². The molecule has 1 aromatic heterocycles. The smallest absolute Gasteiger partial charge is 0.245 e. The van der Waals surface area contributed by atoms with Gasteiger partial charge in [-0.15, -0.1) is 11.3 Å². The van der Waals surface area contributed by atoms with Crippen molar-refractivity contribution < 1.29 is 22.7 Å². The molecule has 0 bridgehead atoms. The molecule has 2 fully saturated rings. The number of nitrogens with zero attached hydrogens (tertiary/aromatic N) is 2. The third-order valence-electron chi connectivity index (χ3n) is 4.70. The van der Waals surface area contributed by atoms with Gasteiger partial charge in [-0.25, -0.2) is 8.42 Å². The maximum Gasteiger partial charge on any atom is 0.245 e. The zero-order chi connectivity index (χ0) is 20.3. The first-order valence-electron chi connectivity index (χ1n) is 8.89. The molecule has 0 saturated carbocycles. The van der Waals surface area contributed by atoms with E-state index in [9.17, 15) is 18.0 Å². The van der Waals surface area contributed by atoms with Crippen molar-refractivity contribution in [1.82, 2.24) is 14.5 Å². The van der Waals surface area contributed by atoms with Crippen LogP contribution >= 0.6 is 22.9 Å². The predicted molar refractivity (Wildman–Crippen MR) is 107 cm³/mol. The highest BCUT2D eigenvalue weighted by molar-refractivity contribution is 7.92. The van der Waals surface area contributed by atoms with Gasteiger partial charge in [0, 0.05) is 29.9 Å². The van der Waals surface area contributed by atoms with Crippen LogP contribution in [0.15, 0.2) is 17.5 Å². The minimum absolute atomic E-state index is 0.144. The van der Waals surface area contributed by atoms with E-state index < -0.39 is 22.1 Å². The van der Waals surface area contributed by atoms with E-state index in [1.165, 1.54) is 22.3 Å². The third kappa shape index (κ3) is 5.12. The van der Waals surface area contributed by atoms with Gasteiger partial charge in [0.05, 0.1) is 17.6 Å². The number of morpholine rings is 1. The van der Waals surface area contributed by atoms with E-state index in [0.29, 0.717) is 48.5 Å². The number of rotatable bonds is 6. The van der Waals surface area contributed by atoms with Crippen LogP contribution in [0.2, 0.25) is 4.34 Å². The van der Waals surface area contributed by atoms with Crippen molar-refractivity contribution in [3.63, 3.8) is 0 Å². The second-order valence-corrected chi connectivity index (χ2v) is 9.94. The molecular weight excluding hydrogens is 426 g/mol. The van der Waals surface area contributed by atoms with Crippen molar-refractivity contribution in [2.24, 2.45) is 0 Å². The highest BCUT2D eigenvalue weighted by atomic mass is 35.5. The lowest BCUT2D eigenvalue weighted by atomic mass is 10.2. The Hall–Kier alpha value is -1.46. The Balaban J connectivity index is 1.59. The molecule has 1 aromatic rings. The fourth-order valence-electron chi connectivity index (χ4n) is 3.19. The van der Waals surface area contributed by atoms with E-state index in [-0.39, 0.29) is 11.8 Å². The van der Waals surface area contributed by atoms with Crippen LogP contribution in [0.5, 0.6) is 0 Å². The van der Waals surface area contributed by atoms with Crippen LogP contribution in [-0.2, 0) is 24.3 Å². The predicted octanol–water partition coefficient (Wildman–Crippen LogP) is 1.14. The van der Waals surface area contributed by atoms with E-state index in [1.807, 2.05) is 0 Å². The molecule has 0 aliphatic carbocycles. The van der Waals surface area contributed by atoms with Gasteiger partial charge >= 0.3 is 0 Å². The number of hydrogen-bond acceptors (Lipinski definition) is 6. The summed E-state index contributed by atoms with van der Waals surface area (Å²) in [5.41, 5.74) is 0. The molecule has 2 unspecified atom stereocenters. The molecule has 0 radical (unpaired) electrons. The zero-order valence-corrected chi connectivity index (χ0v) is 17.7. The lowest BCUT2D eigenvalue weighted by Crippen LogP contribution is -2.52. The quantitative estimate of drug-likeness (QED) is 0.705. The number of nitrogens with one attached hydrogen (secondary N) is 1. The Morgan fingerprint density at radius 2 is 2.07 bits per heavy atom. The van der Waals surface area contributed by atoms with Crippen molar-refractivity contribution in [2.45, 2.75) is 25.4 Å². The molecule has 2 aliphatic rings. The first-order valence-corrected chi connectivity index (χ1v) is 11.6. The van der Waals surface area contributed by atoms with Gasteiger partial charge in [-0.1, -0.05) is 11.6 Å². The van der Waals surface area contributed by atoms with E-state index in [2.05, 4.69) is 4.72 Å². The largest absolute Gasteiger partial charge is 0.378 e. The number of ether oxygens (including phenoxy) is 1. The molecule has 3 rings (SSSR count). The molecule has 2 amide bonds. The molecule has 2 atom stereocenters. The Bertz CT molecular complexity index is 864. The maximum atomic E-state index is 12.7. The summed E-state index contributed by atoms with van der Waals surface area (Å²) in [4.78, 5) is 29.1. The van der Waals surface area contributed by atoms with Crippen molar-refractivity contribution in [2.75, 3.05) is 32.8 Å². The molecule has 8 nitrogen and oxygen atoms in total. The molecule has 2 saturated heterocycles. The Kier molecular flexibility index (Phi) is 6.77. The van der Waals surface area contributed by atoms with E-state index in [4.69, 9.17) is 16.3 Å². The molecule has 1 N–H and O–H groups in total. The summed E-state index contributed by atoms with van der Waals surface area (Å²) in [5.74, 6) is -0.528. The number of likely N-dealkylation sites (tertiary alicyclic amines) is 1. The number of carbonyl (C=O) groups excluding carboxylic acids is 2. The first-order chi connectivity index (χ1) is 13.3. The van der Waals surface area contributed by atoms with Gasteiger partial charge in [0.2, 0.25) is 21.8 Å². The summed E-state index contributed by atoms with van der Waals surface area (Å²) in [6.07, 6.45) is 1.75. The minimum atomic E-state index is -3.80. The average Bonchev–Trinajstić information content (AvgIpc) is 3.25. The van der Waals surface area contributed by atoms with E-state index >= 15 is 0 Å². The molecule has 2 aliphatic heterocycles. The number of hydrogen-bond donors (Lipinski definition) is 1. The van der Waals surface area contributed by atoms with Crippen LogP contribution in [0.3, 0.4) is 0 Å². The normalized spacial score (nSPS) is 22.2. The zero-order valence-electron chi connectivity index (χ0n) is 15.3. The summed E-state index contributed by atoms with van der Waals surface area (Å²) in [7, 11) is -3.80. The molecule has 3 heterocycles. The van der Waals surface area contributed by atoms with Crippen LogP contribution in [0.1, 0.15) is 18.2 Å². The van der Waals surface area contributed by atoms with Crippen LogP contribution < -0.4 is 4.72 Å². The van der Waals surface area contributed by atoms with Crippen molar-refractivity contribution in [1.29, 1.82) is 0 Å². The van der Waals surface area contributed by atoms with Crippen molar-refractivity contribution >= 4 is 50.9 Å². The van der Waals surface area contributed by atoms with Gasteiger partial charge in [0.15, 0.2) is 0 Å². The van der Waals surface area contributed by atoms with Gasteiger partial charge in [0.1, 0.15) is 12.1 Å². The first kappa shape index (κ1) is 21.3. The number of halogens is 1. The maximum absolute atomic E-state index is 12.7. The highest BCUT2D eigenvalue weighted by Gasteiger charge is 2.39. The van der Waals surface area contributed by atoms with Crippen LogP contribution in [0.25, 0.3) is 6.08 Å². The minimum Gasteiger partial charge on any atom is -0.378 e. The number of thiophene rings is 1. The van der Waals surface area contributed by atoms with E-state index in [0.717, 1.165) is 5.41 Å². The summed E-state index contributed by atoms with van der Waals surface area (Å²) >= 11 is 7.08. The topological polar surface area (TPSA) is 96.0 Å². The SMILES string of the molecule is CC(C(=O)N1CCOCC1)N1CCC(NS(=O)(=O)C=Cc2ccc(Cl)s2)C1=O. The number of sulfonamides is 1. The third-order valence-corrected chi connectivity index (χ3v) is 7.00. The highest BCUT2D eigenvalue weighted by Crippen LogP contribution is 2.23. The second-order valence-electron chi connectivity index (χ2n) is 6.59. The van der Waals surface area contributed by atoms with Gasteiger partial charge < -0.3 is 14.5 Å².